The van der Waals surface area contributed by atoms with Gasteiger partial charge in [0.05, 0.1) is 16.2 Å². The zero-order valence-electron chi connectivity index (χ0n) is 16.0. The van der Waals surface area contributed by atoms with E-state index in [0.29, 0.717) is 24.3 Å². The number of carbonyl (C=O) groups excluding carboxylic acids is 1. The number of carbonyl (C=O) groups is 1. The van der Waals surface area contributed by atoms with E-state index in [1.165, 1.54) is 28.6 Å². The van der Waals surface area contributed by atoms with Crippen LogP contribution in [0, 0.1) is 17.0 Å². The number of sulfonamides is 1. The van der Waals surface area contributed by atoms with E-state index in [-0.39, 0.29) is 22.6 Å². The average molecular weight is 405 g/mol. The number of aryl methyl sites for hydroxylation is 1. The Kier molecular flexibility index (Phi) is 6.87. The monoisotopic (exact) mass is 405 g/mol. The first kappa shape index (κ1) is 21.5. The Bertz CT molecular complexity index is 985. The zero-order valence-corrected chi connectivity index (χ0v) is 16.8. The number of rotatable bonds is 8. The Hall–Kier alpha value is -2.78. The highest BCUT2D eigenvalue weighted by Crippen LogP contribution is 2.24. The number of amides is 1. The number of nitro benzene ring substituents is 1. The maximum atomic E-state index is 12.8. The molecule has 2 rings (SSSR count). The number of para-hydroxylation sites is 1. The minimum atomic E-state index is -3.67. The third-order valence-electron chi connectivity index (χ3n) is 4.33. The normalized spacial score (nSPS) is 11.4. The van der Waals surface area contributed by atoms with Crippen molar-refractivity contribution in [1.29, 1.82) is 0 Å². The molecule has 2 aromatic carbocycles. The minimum Gasteiger partial charge on any atom is -0.326 e. The van der Waals surface area contributed by atoms with Crippen molar-refractivity contribution < 1.29 is 18.1 Å². The van der Waals surface area contributed by atoms with Gasteiger partial charge in [-0.05, 0) is 24.6 Å². The predicted molar refractivity (Wildman–Crippen MR) is 107 cm³/mol. The van der Waals surface area contributed by atoms with Crippen LogP contribution in [0.3, 0.4) is 0 Å². The van der Waals surface area contributed by atoms with Crippen LogP contribution >= 0.6 is 0 Å². The summed E-state index contributed by atoms with van der Waals surface area (Å²) in [5.74, 6) is -0.468. The van der Waals surface area contributed by atoms with Gasteiger partial charge < -0.3 is 5.32 Å². The summed E-state index contributed by atoms with van der Waals surface area (Å²) in [6, 6.07) is 10.7. The molecule has 28 heavy (non-hydrogen) atoms. The molecule has 0 aliphatic carbocycles. The molecule has 0 aliphatic heterocycles. The van der Waals surface area contributed by atoms with Crippen molar-refractivity contribution in [3.63, 3.8) is 0 Å². The van der Waals surface area contributed by atoms with Gasteiger partial charge >= 0.3 is 0 Å². The highest BCUT2D eigenvalue weighted by atomic mass is 32.2. The molecule has 2 aromatic rings. The van der Waals surface area contributed by atoms with Crippen molar-refractivity contribution in [2.75, 3.05) is 18.4 Å². The van der Waals surface area contributed by atoms with E-state index < -0.39 is 20.9 Å². The van der Waals surface area contributed by atoms with Crippen LogP contribution in [-0.4, -0.2) is 36.6 Å². The smallest absolute Gasteiger partial charge is 0.273 e. The lowest BCUT2D eigenvalue weighted by Gasteiger charge is -2.20. The fourth-order valence-electron chi connectivity index (χ4n) is 2.87. The van der Waals surface area contributed by atoms with Crippen LogP contribution in [-0.2, 0) is 21.2 Å². The molecule has 0 spiro atoms. The molecule has 0 radical (unpaired) electrons. The number of anilines is 1. The highest BCUT2D eigenvalue weighted by Gasteiger charge is 2.24. The molecule has 0 atom stereocenters. The second-order valence-corrected chi connectivity index (χ2v) is 8.09. The van der Waals surface area contributed by atoms with Crippen molar-refractivity contribution in [1.82, 2.24) is 4.31 Å². The van der Waals surface area contributed by atoms with E-state index >= 15 is 0 Å². The minimum absolute atomic E-state index is 0.125. The Labute approximate surface area is 164 Å². The van der Waals surface area contributed by atoms with Gasteiger partial charge in [0.2, 0.25) is 15.9 Å². The van der Waals surface area contributed by atoms with Gasteiger partial charge in [0.1, 0.15) is 0 Å². The van der Waals surface area contributed by atoms with Crippen LogP contribution in [0.1, 0.15) is 25.0 Å². The second-order valence-electron chi connectivity index (χ2n) is 6.18. The van der Waals surface area contributed by atoms with E-state index in [4.69, 9.17) is 0 Å². The largest absolute Gasteiger partial charge is 0.326 e. The fraction of sp³-hybridized carbons (Fsp3) is 0.316. The third-order valence-corrected chi connectivity index (χ3v) is 6.53. The van der Waals surface area contributed by atoms with Crippen LogP contribution in [0.2, 0.25) is 0 Å². The Morgan fingerprint density at radius 3 is 2.39 bits per heavy atom. The molecule has 1 N–H and O–H groups in total. The second kappa shape index (κ2) is 8.94. The van der Waals surface area contributed by atoms with E-state index in [1.54, 1.807) is 39.0 Å². The molecule has 8 nitrogen and oxygen atoms in total. The predicted octanol–water partition coefficient (Wildman–Crippen LogP) is 3.11. The number of nitro groups is 1. The van der Waals surface area contributed by atoms with E-state index in [0.717, 1.165) is 0 Å². The topological polar surface area (TPSA) is 110 Å². The van der Waals surface area contributed by atoms with Crippen molar-refractivity contribution in [2.24, 2.45) is 0 Å². The third kappa shape index (κ3) is 4.73. The van der Waals surface area contributed by atoms with Crippen LogP contribution in [0.5, 0.6) is 0 Å². The maximum absolute atomic E-state index is 12.8. The summed E-state index contributed by atoms with van der Waals surface area (Å²) in [5.41, 5.74) is 1.04. The number of hydrogen-bond donors (Lipinski definition) is 1. The lowest BCUT2D eigenvalue weighted by molar-refractivity contribution is -0.385. The molecule has 0 aromatic heterocycles. The molecular weight excluding hydrogens is 382 g/mol. The first-order chi connectivity index (χ1) is 13.2. The van der Waals surface area contributed by atoms with Crippen LogP contribution in [0.4, 0.5) is 11.4 Å². The van der Waals surface area contributed by atoms with E-state index in [2.05, 4.69) is 5.32 Å². The fourth-order valence-corrected chi connectivity index (χ4v) is 4.58. The summed E-state index contributed by atoms with van der Waals surface area (Å²) in [6.45, 7) is 5.89. The Morgan fingerprint density at radius 2 is 1.79 bits per heavy atom. The molecule has 0 fully saturated rings. The van der Waals surface area contributed by atoms with Gasteiger partial charge in [0.25, 0.3) is 5.69 Å². The molecule has 9 heteroatoms. The maximum Gasteiger partial charge on any atom is 0.273 e. The number of nitrogens with zero attached hydrogens (tertiary/aromatic N) is 2. The SMILES string of the molecule is CCN(CC)S(=O)(=O)c1cc(NC(=O)Cc2ccccc2[N+](=O)[O-])ccc1C. The Balaban J connectivity index is 2.26. The Morgan fingerprint density at radius 1 is 1.14 bits per heavy atom. The molecule has 0 unspecified atom stereocenters. The van der Waals surface area contributed by atoms with Crippen molar-refractivity contribution in [3.05, 3.63) is 63.7 Å². The summed E-state index contributed by atoms with van der Waals surface area (Å²) in [7, 11) is -3.67. The molecule has 0 aliphatic rings. The van der Waals surface area contributed by atoms with E-state index in [1.807, 2.05) is 0 Å². The van der Waals surface area contributed by atoms with Crippen molar-refractivity contribution >= 4 is 27.3 Å². The summed E-state index contributed by atoms with van der Waals surface area (Å²) in [6.07, 6.45) is -0.191. The summed E-state index contributed by atoms with van der Waals surface area (Å²) in [5, 5.41) is 13.7. The zero-order chi connectivity index (χ0) is 20.9. The van der Waals surface area contributed by atoms with Gasteiger partial charge in [-0.3, -0.25) is 14.9 Å². The first-order valence-corrected chi connectivity index (χ1v) is 10.3. The summed E-state index contributed by atoms with van der Waals surface area (Å²) < 4.78 is 26.9. The lowest BCUT2D eigenvalue weighted by Crippen LogP contribution is -2.31. The molecule has 1 amide bonds. The molecule has 0 saturated carbocycles. The number of hydrogen-bond acceptors (Lipinski definition) is 5. The van der Waals surface area contributed by atoms with Crippen LogP contribution in [0.25, 0.3) is 0 Å². The van der Waals surface area contributed by atoms with Crippen molar-refractivity contribution in [3.8, 4) is 0 Å². The lowest BCUT2D eigenvalue weighted by atomic mass is 10.1. The van der Waals surface area contributed by atoms with Crippen LogP contribution in [0.15, 0.2) is 47.4 Å². The average Bonchev–Trinajstić information content (AvgIpc) is 2.64. The van der Waals surface area contributed by atoms with Crippen LogP contribution < -0.4 is 5.32 Å². The van der Waals surface area contributed by atoms with Gasteiger partial charge in [-0.2, -0.15) is 4.31 Å². The number of nitrogens with one attached hydrogen (secondary N) is 1. The van der Waals surface area contributed by atoms with Crippen molar-refractivity contribution in [2.45, 2.75) is 32.1 Å². The molecule has 150 valence electrons. The summed E-state index contributed by atoms with van der Waals surface area (Å²) >= 11 is 0. The molecular formula is C19H23N3O5S. The van der Waals surface area contributed by atoms with Gasteiger partial charge in [0, 0.05) is 30.4 Å². The molecule has 0 bridgehead atoms. The van der Waals surface area contributed by atoms with E-state index in [9.17, 15) is 23.3 Å². The molecule has 0 heterocycles. The van der Waals surface area contributed by atoms with Gasteiger partial charge in [-0.25, -0.2) is 8.42 Å². The number of benzene rings is 2. The quantitative estimate of drug-likeness (QED) is 0.536. The van der Waals surface area contributed by atoms with Gasteiger partial charge in [-0.1, -0.05) is 38.1 Å². The standard InChI is InChI=1S/C19H23N3O5S/c1-4-21(5-2)28(26,27)18-13-16(11-10-14(18)3)20-19(23)12-15-8-6-7-9-17(15)22(24)25/h6-11,13H,4-5,12H2,1-3H3,(H,20,23). The first-order valence-electron chi connectivity index (χ1n) is 8.83. The van der Waals surface area contributed by atoms with Gasteiger partial charge in [-0.15, -0.1) is 0 Å². The summed E-state index contributed by atoms with van der Waals surface area (Å²) in [4.78, 5) is 23.0. The molecule has 0 saturated heterocycles. The highest BCUT2D eigenvalue weighted by molar-refractivity contribution is 7.89. The van der Waals surface area contributed by atoms with Gasteiger partial charge in [0.15, 0.2) is 0 Å².